The maximum absolute atomic E-state index is 5.90. The van der Waals surface area contributed by atoms with Crippen LogP contribution in [0.15, 0.2) is 42.5 Å². The first-order chi connectivity index (χ1) is 7.33. The lowest BCUT2D eigenvalue weighted by Crippen LogP contribution is -2.01. The molecule has 0 unspecified atom stereocenters. The second-order valence-corrected chi connectivity index (χ2v) is 3.80. The first kappa shape index (κ1) is 8.62. The summed E-state index contributed by atoms with van der Waals surface area (Å²) in [6, 6.07) is 13.4. The van der Waals surface area contributed by atoms with E-state index in [-0.39, 0.29) is 0 Å². The molecule has 0 aliphatic carbocycles. The summed E-state index contributed by atoms with van der Waals surface area (Å²) in [6.45, 7) is 0. The molecule has 3 rings (SSSR count). The minimum Gasteiger partial charge on any atom is -0.453 e. The summed E-state index contributed by atoms with van der Waals surface area (Å²) in [5, 5.41) is 3.96. The van der Waals surface area contributed by atoms with Gasteiger partial charge in [-0.3, -0.25) is 0 Å². The third-order valence-electron chi connectivity index (χ3n) is 2.32. The van der Waals surface area contributed by atoms with E-state index in [1.165, 1.54) is 0 Å². The molecule has 0 fully saturated rings. The van der Waals surface area contributed by atoms with Crippen LogP contribution in [-0.2, 0) is 0 Å². The van der Waals surface area contributed by atoms with E-state index in [0.29, 0.717) is 5.02 Å². The van der Waals surface area contributed by atoms with Crippen molar-refractivity contribution in [3.8, 4) is 11.5 Å². The van der Waals surface area contributed by atoms with Gasteiger partial charge in [0.15, 0.2) is 11.5 Å². The largest absolute Gasteiger partial charge is 0.453 e. The fourth-order valence-corrected chi connectivity index (χ4v) is 1.77. The van der Waals surface area contributed by atoms with Crippen LogP contribution in [0.3, 0.4) is 0 Å². The van der Waals surface area contributed by atoms with Crippen molar-refractivity contribution in [1.82, 2.24) is 0 Å². The number of ether oxygens (including phenoxy) is 1. The highest BCUT2D eigenvalue weighted by molar-refractivity contribution is 6.30. The average Bonchev–Trinajstić information content (AvgIpc) is 2.26. The fraction of sp³-hybridized carbons (Fsp3) is 0. The van der Waals surface area contributed by atoms with E-state index < -0.39 is 0 Å². The van der Waals surface area contributed by atoms with Crippen LogP contribution < -0.4 is 10.1 Å². The monoisotopic (exact) mass is 217 g/mol. The van der Waals surface area contributed by atoms with E-state index in [2.05, 4.69) is 5.32 Å². The number of benzene rings is 2. The van der Waals surface area contributed by atoms with Crippen LogP contribution in [0.25, 0.3) is 0 Å². The van der Waals surface area contributed by atoms with Crippen LogP contribution in [0.5, 0.6) is 11.5 Å². The molecular formula is C12H8ClNO. The second kappa shape index (κ2) is 3.17. The summed E-state index contributed by atoms with van der Waals surface area (Å²) in [5.41, 5.74) is 1.92. The quantitative estimate of drug-likeness (QED) is 0.610. The number of fused-ring (bicyclic) bond motifs is 2. The molecule has 2 aromatic carbocycles. The normalized spacial score (nSPS) is 12.1. The lowest BCUT2D eigenvalue weighted by Gasteiger charge is -2.21. The van der Waals surface area contributed by atoms with Crippen molar-refractivity contribution in [1.29, 1.82) is 0 Å². The first-order valence-electron chi connectivity index (χ1n) is 4.66. The lowest BCUT2D eigenvalue weighted by atomic mass is 10.2. The summed E-state index contributed by atoms with van der Waals surface area (Å²) in [5.74, 6) is 1.59. The molecule has 1 aliphatic heterocycles. The third kappa shape index (κ3) is 1.43. The molecule has 15 heavy (non-hydrogen) atoms. The highest BCUT2D eigenvalue weighted by atomic mass is 35.5. The molecule has 3 heteroatoms. The number of halogens is 1. The van der Waals surface area contributed by atoms with Crippen LogP contribution in [0.4, 0.5) is 11.4 Å². The van der Waals surface area contributed by atoms with Gasteiger partial charge < -0.3 is 10.1 Å². The van der Waals surface area contributed by atoms with E-state index in [4.69, 9.17) is 16.3 Å². The van der Waals surface area contributed by atoms with Gasteiger partial charge in [-0.25, -0.2) is 0 Å². The fourth-order valence-electron chi connectivity index (χ4n) is 1.61. The van der Waals surface area contributed by atoms with Crippen molar-refractivity contribution in [2.45, 2.75) is 0 Å². The summed E-state index contributed by atoms with van der Waals surface area (Å²) >= 11 is 5.90. The number of anilines is 2. The molecule has 2 aromatic rings. The van der Waals surface area contributed by atoms with Gasteiger partial charge in [-0.2, -0.15) is 0 Å². The standard InChI is InChI=1S/C12H8ClNO/c13-8-5-6-10-12(7-8)15-11-4-2-1-3-9(11)14-10/h1-7,14H. The number of hydrogen-bond acceptors (Lipinski definition) is 2. The molecule has 0 saturated carbocycles. The molecule has 1 heterocycles. The van der Waals surface area contributed by atoms with Gasteiger partial charge in [0.05, 0.1) is 11.4 Å². The van der Waals surface area contributed by atoms with Crippen molar-refractivity contribution >= 4 is 23.0 Å². The molecule has 0 spiro atoms. The molecule has 0 aromatic heterocycles. The van der Waals surface area contributed by atoms with Gasteiger partial charge in [0.2, 0.25) is 0 Å². The minimum absolute atomic E-state index is 0.676. The zero-order valence-corrected chi connectivity index (χ0v) is 8.58. The van der Waals surface area contributed by atoms with E-state index in [1.807, 2.05) is 36.4 Å². The van der Waals surface area contributed by atoms with Crippen molar-refractivity contribution in [2.24, 2.45) is 0 Å². The topological polar surface area (TPSA) is 21.3 Å². The van der Waals surface area contributed by atoms with E-state index in [0.717, 1.165) is 22.9 Å². The molecule has 0 saturated heterocycles. The Bertz CT molecular complexity index is 525. The second-order valence-electron chi connectivity index (χ2n) is 3.36. The van der Waals surface area contributed by atoms with Crippen LogP contribution in [-0.4, -0.2) is 0 Å². The summed E-state index contributed by atoms with van der Waals surface area (Å²) < 4.78 is 5.71. The van der Waals surface area contributed by atoms with Gasteiger partial charge in [0, 0.05) is 11.1 Å². The molecule has 1 aliphatic rings. The van der Waals surface area contributed by atoms with Gasteiger partial charge in [-0.15, -0.1) is 0 Å². The van der Waals surface area contributed by atoms with Crippen LogP contribution >= 0.6 is 11.6 Å². The van der Waals surface area contributed by atoms with Crippen molar-refractivity contribution in [2.75, 3.05) is 5.32 Å². The highest BCUT2D eigenvalue weighted by Crippen LogP contribution is 2.42. The van der Waals surface area contributed by atoms with Gasteiger partial charge in [0.25, 0.3) is 0 Å². The molecular weight excluding hydrogens is 210 g/mol. The van der Waals surface area contributed by atoms with E-state index in [1.54, 1.807) is 6.07 Å². The first-order valence-corrected chi connectivity index (χ1v) is 5.04. The summed E-state index contributed by atoms with van der Waals surface area (Å²) in [7, 11) is 0. The van der Waals surface area contributed by atoms with E-state index >= 15 is 0 Å². The minimum atomic E-state index is 0.676. The third-order valence-corrected chi connectivity index (χ3v) is 2.56. The van der Waals surface area contributed by atoms with Gasteiger partial charge >= 0.3 is 0 Å². The Hall–Kier alpha value is -1.67. The Morgan fingerprint density at radius 1 is 0.933 bits per heavy atom. The SMILES string of the molecule is Clc1ccc2c(c1)Oc1ccccc1N2. The van der Waals surface area contributed by atoms with Gasteiger partial charge in [-0.05, 0) is 24.3 Å². The number of para-hydroxylation sites is 2. The zero-order valence-electron chi connectivity index (χ0n) is 7.83. The van der Waals surface area contributed by atoms with Crippen molar-refractivity contribution in [3.63, 3.8) is 0 Å². The number of rotatable bonds is 0. The molecule has 2 nitrogen and oxygen atoms in total. The molecule has 0 radical (unpaired) electrons. The maximum atomic E-state index is 5.90. The Morgan fingerprint density at radius 3 is 2.67 bits per heavy atom. The van der Waals surface area contributed by atoms with E-state index in [9.17, 15) is 0 Å². The van der Waals surface area contributed by atoms with Crippen molar-refractivity contribution < 1.29 is 4.74 Å². The molecule has 74 valence electrons. The Labute approximate surface area is 92.4 Å². The Balaban J connectivity index is 2.11. The Kier molecular flexibility index (Phi) is 1.82. The highest BCUT2D eigenvalue weighted by Gasteiger charge is 2.15. The van der Waals surface area contributed by atoms with Crippen LogP contribution in [0.2, 0.25) is 5.02 Å². The van der Waals surface area contributed by atoms with Crippen LogP contribution in [0, 0.1) is 0 Å². The maximum Gasteiger partial charge on any atom is 0.152 e. The summed E-state index contributed by atoms with van der Waals surface area (Å²) in [6.07, 6.45) is 0. The predicted molar refractivity (Wildman–Crippen MR) is 61.3 cm³/mol. The van der Waals surface area contributed by atoms with Crippen LogP contribution in [0.1, 0.15) is 0 Å². The Morgan fingerprint density at radius 2 is 1.73 bits per heavy atom. The predicted octanol–water partition coefficient (Wildman–Crippen LogP) is 4.19. The van der Waals surface area contributed by atoms with Gasteiger partial charge in [0.1, 0.15) is 0 Å². The average molecular weight is 218 g/mol. The molecule has 0 atom stereocenters. The number of nitrogens with one attached hydrogen (secondary N) is 1. The summed E-state index contributed by atoms with van der Waals surface area (Å²) in [4.78, 5) is 0. The molecule has 1 N–H and O–H groups in total. The molecule has 0 amide bonds. The van der Waals surface area contributed by atoms with Gasteiger partial charge in [-0.1, -0.05) is 23.7 Å². The molecule has 0 bridgehead atoms. The lowest BCUT2D eigenvalue weighted by molar-refractivity contribution is 0.481. The number of hydrogen-bond donors (Lipinski definition) is 1. The van der Waals surface area contributed by atoms with Crippen molar-refractivity contribution in [3.05, 3.63) is 47.5 Å². The smallest absolute Gasteiger partial charge is 0.152 e. The zero-order chi connectivity index (χ0) is 10.3.